The van der Waals surface area contributed by atoms with Crippen LogP contribution in [0.1, 0.15) is 39.1 Å². The van der Waals surface area contributed by atoms with Gasteiger partial charge in [0.1, 0.15) is 0 Å². The van der Waals surface area contributed by atoms with Gasteiger partial charge >= 0.3 is 0 Å². The van der Waals surface area contributed by atoms with Gasteiger partial charge in [0.25, 0.3) is 0 Å². The molecule has 0 amide bonds. The molecule has 0 spiro atoms. The van der Waals surface area contributed by atoms with E-state index < -0.39 is 0 Å². The number of halogens is 1. The van der Waals surface area contributed by atoms with Crippen LogP contribution in [0.5, 0.6) is 0 Å². The maximum absolute atomic E-state index is 4.64. The molecule has 0 aliphatic rings. The van der Waals surface area contributed by atoms with Crippen molar-refractivity contribution in [1.29, 1.82) is 0 Å². The van der Waals surface area contributed by atoms with Crippen molar-refractivity contribution in [2.75, 3.05) is 13.6 Å². The van der Waals surface area contributed by atoms with Crippen molar-refractivity contribution in [3.05, 3.63) is 15.9 Å². The van der Waals surface area contributed by atoms with E-state index >= 15 is 0 Å². The van der Waals surface area contributed by atoms with Crippen LogP contribution in [0.15, 0.2) is 4.47 Å². The summed E-state index contributed by atoms with van der Waals surface area (Å²) in [7, 11) is 2.01. The van der Waals surface area contributed by atoms with Gasteiger partial charge in [-0.15, -0.1) is 0 Å². The first kappa shape index (κ1) is 14.7. The van der Waals surface area contributed by atoms with Crippen molar-refractivity contribution in [2.45, 2.75) is 47.1 Å². The molecule has 0 atom stereocenters. The summed E-state index contributed by atoms with van der Waals surface area (Å²) in [5.74, 6) is 0. The van der Waals surface area contributed by atoms with Gasteiger partial charge < -0.3 is 5.32 Å². The predicted octanol–water partition coefficient (Wildman–Crippen LogP) is 3.02. The number of hydrogen-bond donors (Lipinski definition) is 1. The Labute approximate surface area is 113 Å². The highest BCUT2D eigenvalue weighted by molar-refractivity contribution is 9.10. The molecule has 1 N–H and O–H groups in total. The van der Waals surface area contributed by atoms with E-state index in [1.54, 1.807) is 0 Å². The van der Waals surface area contributed by atoms with Crippen LogP contribution in [0.25, 0.3) is 0 Å². The van der Waals surface area contributed by atoms with Gasteiger partial charge in [0.15, 0.2) is 0 Å². The first-order valence-corrected chi connectivity index (χ1v) is 7.13. The normalized spacial score (nSPS) is 12.1. The monoisotopic (exact) mass is 301 g/mol. The Morgan fingerprint density at radius 3 is 2.47 bits per heavy atom. The molecule has 4 heteroatoms. The predicted molar refractivity (Wildman–Crippen MR) is 76.4 cm³/mol. The Kier molecular flexibility index (Phi) is 5.20. The molecule has 0 saturated heterocycles. The molecule has 1 heterocycles. The molecule has 0 aliphatic carbocycles. The fourth-order valence-corrected chi connectivity index (χ4v) is 2.89. The van der Waals surface area contributed by atoms with E-state index in [0.29, 0.717) is 0 Å². The molecule has 17 heavy (non-hydrogen) atoms. The number of nitrogens with zero attached hydrogens (tertiary/aromatic N) is 2. The third-order valence-electron chi connectivity index (χ3n) is 3.00. The molecule has 98 valence electrons. The third-order valence-corrected chi connectivity index (χ3v) is 3.91. The lowest BCUT2D eigenvalue weighted by Gasteiger charge is -2.24. The fraction of sp³-hybridized carbons (Fsp3) is 0.769. The standard InChI is InChI=1S/C13H24BrN3/c1-6-10-12(14)11(17(7-2)16-10)8-13(3,4)9-15-5/h15H,6-9H2,1-5H3. The highest BCUT2D eigenvalue weighted by Crippen LogP contribution is 2.29. The van der Waals surface area contributed by atoms with Gasteiger partial charge in [-0.25, -0.2) is 0 Å². The summed E-state index contributed by atoms with van der Waals surface area (Å²) in [6, 6.07) is 0. The first-order valence-electron chi connectivity index (χ1n) is 6.33. The molecule has 0 aromatic carbocycles. The zero-order chi connectivity index (χ0) is 13.1. The summed E-state index contributed by atoms with van der Waals surface area (Å²) in [4.78, 5) is 0. The van der Waals surface area contributed by atoms with Crippen molar-refractivity contribution < 1.29 is 0 Å². The highest BCUT2D eigenvalue weighted by Gasteiger charge is 2.23. The van der Waals surface area contributed by atoms with Crippen LogP contribution in [0.4, 0.5) is 0 Å². The van der Waals surface area contributed by atoms with E-state index in [9.17, 15) is 0 Å². The van der Waals surface area contributed by atoms with Gasteiger partial charge in [-0.05, 0) is 48.2 Å². The van der Waals surface area contributed by atoms with E-state index in [0.717, 1.165) is 25.9 Å². The number of hydrogen-bond acceptors (Lipinski definition) is 2. The zero-order valence-electron chi connectivity index (χ0n) is 11.6. The Morgan fingerprint density at radius 2 is 2.00 bits per heavy atom. The second-order valence-corrected chi connectivity index (χ2v) is 6.04. The SMILES string of the molecule is CCc1nn(CC)c(CC(C)(C)CNC)c1Br. The number of rotatable bonds is 6. The van der Waals surface area contributed by atoms with Crippen molar-refractivity contribution in [1.82, 2.24) is 15.1 Å². The van der Waals surface area contributed by atoms with Crippen molar-refractivity contribution in [2.24, 2.45) is 5.41 Å². The van der Waals surface area contributed by atoms with Gasteiger partial charge in [-0.2, -0.15) is 5.10 Å². The van der Waals surface area contributed by atoms with E-state index in [2.05, 4.69) is 58.7 Å². The average Bonchev–Trinajstić information content (AvgIpc) is 2.55. The van der Waals surface area contributed by atoms with E-state index in [-0.39, 0.29) is 5.41 Å². The number of aromatic nitrogens is 2. The molecule has 0 radical (unpaired) electrons. The minimum absolute atomic E-state index is 0.245. The van der Waals surface area contributed by atoms with Crippen LogP contribution in [0.3, 0.4) is 0 Å². The minimum atomic E-state index is 0.245. The third kappa shape index (κ3) is 3.55. The molecule has 0 aliphatic heterocycles. The van der Waals surface area contributed by atoms with Crippen LogP contribution in [0.2, 0.25) is 0 Å². The second kappa shape index (κ2) is 6.01. The van der Waals surface area contributed by atoms with Crippen LogP contribution < -0.4 is 5.32 Å². The smallest absolute Gasteiger partial charge is 0.0766 e. The number of nitrogens with one attached hydrogen (secondary N) is 1. The molecule has 0 unspecified atom stereocenters. The summed E-state index contributed by atoms with van der Waals surface area (Å²) >= 11 is 3.70. The Morgan fingerprint density at radius 1 is 1.35 bits per heavy atom. The lowest BCUT2D eigenvalue weighted by atomic mass is 9.87. The highest BCUT2D eigenvalue weighted by atomic mass is 79.9. The second-order valence-electron chi connectivity index (χ2n) is 5.25. The average molecular weight is 302 g/mol. The van der Waals surface area contributed by atoms with Gasteiger partial charge in [0, 0.05) is 13.1 Å². The molecular formula is C13H24BrN3. The van der Waals surface area contributed by atoms with Gasteiger partial charge in [-0.1, -0.05) is 20.8 Å². The molecular weight excluding hydrogens is 278 g/mol. The molecule has 0 fully saturated rings. The summed E-state index contributed by atoms with van der Waals surface area (Å²) < 4.78 is 3.33. The van der Waals surface area contributed by atoms with Gasteiger partial charge in [-0.3, -0.25) is 4.68 Å². The van der Waals surface area contributed by atoms with Crippen LogP contribution in [-0.4, -0.2) is 23.4 Å². The lowest BCUT2D eigenvalue weighted by Crippen LogP contribution is -2.29. The summed E-state index contributed by atoms with van der Waals surface area (Å²) in [5, 5.41) is 7.90. The zero-order valence-corrected chi connectivity index (χ0v) is 13.2. The van der Waals surface area contributed by atoms with Crippen LogP contribution >= 0.6 is 15.9 Å². The van der Waals surface area contributed by atoms with Crippen molar-refractivity contribution in [3.63, 3.8) is 0 Å². The Hall–Kier alpha value is -0.350. The van der Waals surface area contributed by atoms with Crippen molar-refractivity contribution >= 4 is 15.9 Å². The maximum atomic E-state index is 4.64. The molecule has 1 aromatic heterocycles. The molecule has 1 aromatic rings. The minimum Gasteiger partial charge on any atom is -0.319 e. The van der Waals surface area contributed by atoms with E-state index in [1.807, 2.05) is 7.05 Å². The largest absolute Gasteiger partial charge is 0.319 e. The quantitative estimate of drug-likeness (QED) is 0.875. The van der Waals surface area contributed by atoms with Gasteiger partial charge in [0.05, 0.1) is 15.9 Å². The van der Waals surface area contributed by atoms with Gasteiger partial charge in [0.2, 0.25) is 0 Å². The van der Waals surface area contributed by atoms with Crippen molar-refractivity contribution in [3.8, 4) is 0 Å². The van der Waals surface area contributed by atoms with Crippen LogP contribution in [-0.2, 0) is 19.4 Å². The molecule has 1 rings (SSSR count). The lowest BCUT2D eigenvalue weighted by molar-refractivity contribution is 0.338. The number of aryl methyl sites for hydroxylation is 2. The molecule has 3 nitrogen and oxygen atoms in total. The topological polar surface area (TPSA) is 29.9 Å². The Balaban J connectivity index is 3.00. The summed E-state index contributed by atoms with van der Waals surface area (Å²) in [6.07, 6.45) is 2.02. The van der Waals surface area contributed by atoms with E-state index in [1.165, 1.54) is 15.9 Å². The first-order chi connectivity index (χ1) is 7.95. The fourth-order valence-electron chi connectivity index (χ4n) is 2.18. The van der Waals surface area contributed by atoms with E-state index in [4.69, 9.17) is 0 Å². The summed E-state index contributed by atoms with van der Waals surface area (Å²) in [6.45, 7) is 10.8. The molecule has 0 saturated carbocycles. The maximum Gasteiger partial charge on any atom is 0.0766 e. The summed E-state index contributed by atoms with van der Waals surface area (Å²) in [5.41, 5.74) is 2.74. The Bertz CT molecular complexity index is 369. The van der Waals surface area contributed by atoms with Crippen LogP contribution in [0, 0.1) is 5.41 Å². The molecule has 0 bridgehead atoms.